The molecule has 0 saturated heterocycles. The van der Waals surface area contributed by atoms with Gasteiger partial charge in [0.15, 0.2) is 5.43 Å². The number of carboxylic acid groups (broad SMARTS) is 1. The first-order chi connectivity index (χ1) is 9.88. The maximum Gasteiger partial charge on any atom is 0.337 e. The highest BCUT2D eigenvalue weighted by molar-refractivity contribution is 6.07. The maximum absolute atomic E-state index is 12.1. The lowest BCUT2D eigenvalue weighted by atomic mass is 10.1. The Labute approximate surface area is 119 Å². The monoisotopic (exact) mass is 287 g/mol. The van der Waals surface area contributed by atoms with Crippen molar-refractivity contribution in [3.05, 3.63) is 57.5 Å². The molecule has 0 spiro atoms. The molecule has 7 nitrogen and oxygen atoms in total. The predicted molar refractivity (Wildman–Crippen MR) is 77.6 cm³/mol. The number of aromatic nitrogens is 1. The highest BCUT2D eigenvalue weighted by atomic mass is 16.4. The van der Waals surface area contributed by atoms with E-state index in [-0.39, 0.29) is 16.8 Å². The van der Waals surface area contributed by atoms with Gasteiger partial charge < -0.3 is 21.1 Å². The number of nitrogens with two attached hydrogens (primary N) is 1. The van der Waals surface area contributed by atoms with Crippen molar-refractivity contribution in [1.29, 1.82) is 0 Å². The summed E-state index contributed by atoms with van der Waals surface area (Å²) >= 11 is 0. The van der Waals surface area contributed by atoms with E-state index < -0.39 is 17.3 Å². The largest absolute Gasteiger partial charge is 0.478 e. The Morgan fingerprint density at radius 1 is 1.24 bits per heavy atom. The van der Waals surface area contributed by atoms with E-state index in [9.17, 15) is 14.4 Å². The van der Waals surface area contributed by atoms with Crippen molar-refractivity contribution in [3.63, 3.8) is 0 Å². The Kier molecular flexibility index (Phi) is 3.75. The number of nitrogen functional groups attached to an aromatic ring is 1. The van der Waals surface area contributed by atoms with Gasteiger partial charge in [-0.25, -0.2) is 4.79 Å². The van der Waals surface area contributed by atoms with Crippen molar-refractivity contribution in [1.82, 2.24) is 4.98 Å². The zero-order chi connectivity index (χ0) is 15.6. The molecule has 1 heterocycles. The summed E-state index contributed by atoms with van der Waals surface area (Å²) < 4.78 is 0. The summed E-state index contributed by atoms with van der Waals surface area (Å²) in [5, 5.41) is 11.5. The highest BCUT2D eigenvalue weighted by Crippen LogP contribution is 2.19. The number of benzene rings is 1. The van der Waals surface area contributed by atoms with Crippen molar-refractivity contribution in [3.8, 4) is 0 Å². The number of carbonyl (C=O) groups excluding carboxylic acids is 1. The number of anilines is 2. The fourth-order valence-corrected chi connectivity index (χ4v) is 1.79. The standard InChI is InChI=1S/C14H13N3O4/c1-7-4-12(18)10(6-16-7)13(19)17-11-5-8(15)2-3-9(11)14(20)21/h2-6H,15H2,1H3,(H,16,18)(H,17,19)(H,20,21). The lowest BCUT2D eigenvalue weighted by Gasteiger charge is -2.09. The van der Waals surface area contributed by atoms with E-state index in [4.69, 9.17) is 10.8 Å². The Morgan fingerprint density at radius 3 is 2.57 bits per heavy atom. The second-order valence-corrected chi connectivity index (χ2v) is 4.46. The van der Waals surface area contributed by atoms with Crippen LogP contribution in [0.25, 0.3) is 0 Å². The van der Waals surface area contributed by atoms with Crippen molar-refractivity contribution >= 4 is 23.3 Å². The fourth-order valence-electron chi connectivity index (χ4n) is 1.79. The number of H-pyrrole nitrogens is 1. The van der Waals surface area contributed by atoms with Crippen LogP contribution < -0.4 is 16.5 Å². The first-order valence-electron chi connectivity index (χ1n) is 6.02. The van der Waals surface area contributed by atoms with Crippen molar-refractivity contribution in [2.45, 2.75) is 6.92 Å². The Hall–Kier alpha value is -3.09. The lowest BCUT2D eigenvalue weighted by molar-refractivity contribution is 0.0698. The van der Waals surface area contributed by atoms with Crippen molar-refractivity contribution < 1.29 is 14.7 Å². The molecule has 0 radical (unpaired) electrons. The number of rotatable bonds is 3. The van der Waals surface area contributed by atoms with Crippen LogP contribution in [0.3, 0.4) is 0 Å². The average Bonchev–Trinajstić information content (AvgIpc) is 2.37. The van der Waals surface area contributed by atoms with Crippen molar-refractivity contribution in [2.24, 2.45) is 0 Å². The molecule has 0 aliphatic heterocycles. The number of carboxylic acids is 1. The molecule has 0 atom stereocenters. The van der Waals surface area contributed by atoms with Crippen LogP contribution in [0.15, 0.2) is 35.3 Å². The molecule has 0 unspecified atom stereocenters. The van der Waals surface area contributed by atoms with Crippen LogP contribution in [0, 0.1) is 6.92 Å². The minimum Gasteiger partial charge on any atom is -0.478 e. The summed E-state index contributed by atoms with van der Waals surface area (Å²) in [4.78, 5) is 37.7. The molecule has 0 aliphatic carbocycles. The maximum atomic E-state index is 12.1. The SMILES string of the molecule is Cc1cc(=O)c(C(=O)Nc2cc(N)ccc2C(=O)O)c[nH]1. The number of amides is 1. The third-order valence-electron chi connectivity index (χ3n) is 2.82. The molecule has 108 valence electrons. The van der Waals surface area contributed by atoms with Crippen LogP contribution in [-0.2, 0) is 0 Å². The average molecular weight is 287 g/mol. The van der Waals surface area contributed by atoms with Crippen LogP contribution in [-0.4, -0.2) is 22.0 Å². The van der Waals surface area contributed by atoms with Gasteiger partial charge in [0, 0.05) is 23.6 Å². The van der Waals surface area contributed by atoms with Gasteiger partial charge >= 0.3 is 5.97 Å². The molecule has 2 rings (SSSR count). The molecule has 0 fully saturated rings. The number of aromatic amines is 1. The molecule has 21 heavy (non-hydrogen) atoms. The topological polar surface area (TPSA) is 125 Å². The molecule has 2 aromatic rings. The molecular weight excluding hydrogens is 274 g/mol. The molecule has 7 heteroatoms. The number of aryl methyl sites for hydroxylation is 1. The molecular formula is C14H13N3O4. The van der Waals surface area contributed by atoms with Gasteiger partial charge in [0.1, 0.15) is 5.56 Å². The van der Waals surface area contributed by atoms with Crippen LogP contribution in [0.5, 0.6) is 0 Å². The summed E-state index contributed by atoms with van der Waals surface area (Å²) in [6, 6.07) is 5.31. The number of hydrogen-bond donors (Lipinski definition) is 4. The third kappa shape index (κ3) is 3.08. The Balaban J connectivity index is 2.38. The van der Waals surface area contributed by atoms with Crippen molar-refractivity contribution in [2.75, 3.05) is 11.1 Å². The lowest BCUT2D eigenvalue weighted by Crippen LogP contribution is -2.22. The van der Waals surface area contributed by atoms with E-state index in [2.05, 4.69) is 10.3 Å². The number of nitrogens with one attached hydrogen (secondary N) is 2. The van der Waals surface area contributed by atoms with Gasteiger partial charge in [-0.15, -0.1) is 0 Å². The van der Waals surface area contributed by atoms with Gasteiger partial charge in [-0.1, -0.05) is 0 Å². The first kappa shape index (κ1) is 14.3. The number of hydrogen-bond acceptors (Lipinski definition) is 4. The van der Waals surface area contributed by atoms with Crippen LogP contribution in [0.4, 0.5) is 11.4 Å². The highest BCUT2D eigenvalue weighted by Gasteiger charge is 2.15. The molecule has 0 saturated carbocycles. The quantitative estimate of drug-likeness (QED) is 0.631. The summed E-state index contributed by atoms with van der Waals surface area (Å²) in [6.45, 7) is 1.68. The molecule has 0 aliphatic rings. The fraction of sp³-hybridized carbons (Fsp3) is 0.0714. The molecule has 1 aromatic carbocycles. The number of aromatic carboxylic acids is 1. The zero-order valence-corrected chi connectivity index (χ0v) is 11.1. The van der Waals surface area contributed by atoms with E-state index in [1.165, 1.54) is 30.5 Å². The summed E-state index contributed by atoms with van der Waals surface area (Å²) in [5.74, 6) is -1.91. The third-order valence-corrected chi connectivity index (χ3v) is 2.82. The van der Waals surface area contributed by atoms with Crippen LogP contribution in [0.2, 0.25) is 0 Å². The summed E-state index contributed by atoms with van der Waals surface area (Å²) in [5.41, 5.74) is 5.85. The first-order valence-corrected chi connectivity index (χ1v) is 6.02. The van der Waals surface area contributed by atoms with E-state index in [1.54, 1.807) is 6.92 Å². The van der Waals surface area contributed by atoms with E-state index in [1.807, 2.05) is 0 Å². The van der Waals surface area contributed by atoms with Crippen LogP contribution in [0.1, 0.15) is 26.4 Å². The molecule has 1 amide bonds. The summed E-state index contributed by atoms with van der Waals surface area (Å²) in [6.07, 6.45) is 1.28. The number of carbonyl (C=O) groups is 2. The second-order valence-electron chi connectivity index (χ2n) is 4.46. The van der Waals surface area contributed by atoms with Gasteiger partial charge in [0.2, 0.25) is 0 Å². The van der Waals surface area contributed by atoms with E-state index >= 15 is 0 Å². The molecule has 5 N–H and O–H groups in total. The van der Waals surface area contributed by atoms with Crippen LogP contribution >= 0.6 is 0 Å². The Morgan fingerprint density at radius 2 is 1.95 bits per heavy atom. The van der Waals surface area contributed by atoms with Gasteiger partial charge in [-0.05, 0) is 25.1 Å². The van der Waals surface area contributed by atoms with Gasteiger partial charge in [-0.2, -0.15) is 0 Å². The molecule has 1 aromatic heterocycles. The zero-order valence-electron chi connectivity index (χ0n) is 11.1. The van der Waals surface area contributed by atoms with Gasteiger partial charge in [0.25, 0.3) is 5.91 Å². The summed E-state index contributed by atoms with van der Waals surface area (Å²) in [7, 11) is 0. The van der Waals surface area contributed by atoms with Gasteiger partial charge in [-0.3, -0.25) is 9.59 Å². The van der Waals surface area contributed by atoms with E-state index in [0.717, 1.165) is 0 Å². The minimum atomic E-state index is -1.21. The predicted octanol–water partition coefficient (Wildman–Crippen LogP) is 1.22. The van der Waals surface area contributed by atoms with Gasteiger partial charge in [0.05, 0.1) is 11.3 Å². The second kappa shape index (κ2) is 5.49. The normalized spacial score (nSPS) is 10.1. The minimum absolute atomic E-state index is 0.0347. The number of pyridine rings is 1. The smallest absolute Gasteiger partial charge is 0.337 e. The molecule has 0 bridgehead atoms. The van der Waals surface area contributed by atoms with E-state index in [0.29, 0.717) is 11.4 Å². The Bertz CT molecular complexity index is 780.